The van der Waals surface area contributed by atoms with Gasteiger partial charge in [-0.2, -0.15) is 0 Å². The number of aliphatic hydroxyl groups is 1. The molecule has 3 rings (SSSR count). The van der Waals surface area contributed by atoms with E-state index in [0.29, 0.717) is 11.3 Å². The second-order valence-corrected chi connectivity index (χ2v) is 9.67. The van der Waals surface area contributed by atoms with Gasteiger partial charge in [-0.05, 0) is 37.6 Å². The Hall–Kier alpha value is -2.61. The van der Waals surface area contributed by atoms with Gasteiger partial charge in [0, 0.05) is 12.1 Å². The van der Waals surface area contributed by atoms with Crippen molar-refractivity contribution in [3.8, 4) is 5.75 Å². The van der Waals surface area contributed by atoms with Gasteiger partial charge >= 0.3 is 5.97 Å². The second kappa shape index (κ2) is 9.26. The number of hydrogen-bond acceptors (Lipinski definition) is 9. The fourth-order valence-corrected chi connectivity index (χ4v) is 4.64. The molecule has 1 aromatic rings. The maximum atomic E-state index is 12.3. The van der Waals surface area contributed by atoms with Crippen molar-refractivity contribution in [3.05, 3.63) is 40.6 Å². The average Bonchev–Trinajstić information content (AvgIpc) is 2.96. The van der Waals surface area contributed by atoms with Gasteiger partial charge in [0.15, 0.2) is 17.1 Å². The zero-order chi connectivity index (χ0) is 22.8. The fraction of sp³-hybridized carbons (Fsp3) is 0.389. The van der Waals surface area contributed by atoms with Crippen molar-refractivity contribution in [2.24, 2.45) is 5.14 Å². The fourth-order valence-electron chi connectivity index (χ4n) is 2.85. The maximum absolute atomic E-state index is 12.3. The molecular formula is C18H21N3O8S2. The van der Waals surface area contributed by atoms with E-state index in [0.717, 1.165) is 0 Å². The molecule has 2 atom stereocenters. The lowest BCUT2D eigenvalue weighted by Gasteiger charge is -2.33. The molecule has 31 heavy (non-hydrogen) atoms. The first-order valence-corrected chi connectivity index (χ1v) is 11.8. The number of carbonyl (C=O) groups is 3. The van der Waals surface area contributed by atoms with E-state index in [4.69, 9.17) is 14.6 Å². The minimum Gasteiger partial charge on any atom is -0.448 e. The molecule has 1 saturated heterocycles. The average molecular weight is 472 g/mol. The molecule has 2 aliphatic heterocycles. The number of hydrogen-bond donors (Lipinski definition) is 3. The van der Waals surface area contributed by atoms with Gasteiger partial charge in [-0.3, -0.25) is 14.5 Å². The Kier molecular flexibility index (Phi) is 6.89. The van der Waals surface area contributed by atoms with Gasteiger partial charge < -0.3 is 19.9 Å². The number of esters is 1. The highest BCUT2D eigenvalue weighted by atomic mass is 32.2. The van der Waals surface area contributed by atoms with Crippen LogP contribution in [0.3, 0.4) is 0 Å². The molecule has 0 radical (unpaired) electrons. The molecule has 0 unspecified atom stereocenters. The van der Waals surface area contributed by atoms with Crippen molar-refractivity contribution >= 4 is 39.6 Å². The summed E-state index contributed by atoms with van der Waals surface area (Å²) in [6, 6.07) is 6.03. The Balaban J connectivity index is 1.64. The monoisotopic (exact) mass is 471 g/mol. The molecule has 1 fully saturated rings. The number of aliphatic hydroxyl groups excluding tert-OH is 1. The Morgan fingerprint density at radius 2 is 2.03 bits per heavy atom. The third-order valence-corrected chi connectivity index (χ3v) is 6.27. The van der Waals surface area contributed by atoms with Gasteiger partial charge in [0.1, 0.15) is 5.75 Å². The zero-order valence-electron chi connectivity index (χ0n) is 16.4. The predicted octanol–water partition coefficient (Wildman–Crippen LogP) is -0.170. The van der Waals surface area contributed by atoms with E-state index in [2.05, 4.69) is 5.32 Å². The van der Waals surface area contributed by atoms with Gasteiger partial charge in [-0.1, -0.05) is 11.8 Å². The summed E-state index contributed by atoms with van der Waals surface area (Å²) >= 11 is 1.19. The number of primary sulfonamides is 1. The molecule has 2 amide bonds. The number of β-lactam (4-membered cyclic amide) rings is 1. The summed E-state index contributed by atoms with van der Waals surface area (Å²) in [7, 11) is -3.57. The van der Waals surface area contributed by atoms with E-state index < -0.39 is 28.2 Å². The number of carbonyl (C=O) groups excluding carboxylic acids is 3. The first-order valence-electron chi connectivity index (χ1n) is 9.24. The molecule has 0 aromatic heterocycles. The van der Waals surface area contributed by atoms with Crippen LogP contribution in [0.4, 0.5) is 0 Å². The van der Waals surface area contributed by atoms with E-state index >= 15 is 0 Å². The van der Waals surface area contributed by atoms with Crippen molar-refractivity contribution in [2.45, 2.75) is 31.4 Å². The van der Waals surface area contributed by atoms with Crippen molar-refractivity contribution in [1.29, 1.82) is 0 Å². The number of benzene rings is 1. The summed E-state index contributed by atoms with van der Waals surface area (Å²) < 4.78 is 32.3. The van der Waals surface area contributed by atoms with E-state index in [1.165, 1.54) is 47.9 Å². The van der Waals surface area contributed by atoms with Crippen molar-refractivity contribution in [1.82, 2.24) is 10.2 Å². The molecule has 4 N–H and O–H groups in total. The molecule has 0 spiro atoms. The van der Waals surface area contributed by atoms with E-state index in [1.807, 2.05) is 0 Å². The quantitative estimate of drug-likeness (QED) is 0.192. The highest BCUT2D eigenvalue weighted by Crippen LogP contribution is 2.47. The van der Waals surface area contributed by atoms with Crippen molar-refractivity contribution < 1.29 is 37.4 Å². The molecule has 0 bridgehead atoms. The molecular weight excluding hydrogens is 450 g/mol. The molecule has 0 saturated carbocycles. The number of rotatable bonds is 9. The van der Waals surface area contributed by atoms with Crippen LogP contribution >= 0.6 is 11.8 Å². The van der Waals surface area contributed by atoms with Gasteiger partial charge in [0.25, 0.3) is 5.91 Å². The summed E-state index contributed by atoms with van der Waals surface area (Å²) in [5.41, 5.74) is 0.257. The van der Waals surface area contributed by atoms with Gasteiger partial charge in [-0.25, -0.2) is 18.4 Å². The summed E-state index contributed by atoms with van der Waals surface area (Å²) in [6.07, 6.45) is -0.892. The second-order valence-electron chi connectivity index (χ2n) is 6.78. The van der Waals surface area contributed by atoms with Crippen LogP contribution in [-0.4, -0.2) is 60.2 Å². The third kappa shape index (κ3) is 5.76. The molecule has 11 nitrogen and oxygen atoms in total. The lowest BCUT2D eigenvalue weighted by Crippen LogP contribution is -2.48. The molecule has 1 aromatic carbocycles. The van der Waals surface area contributed by atoms with E-state index in [-0.39, 0.29) is 47.2 Å². The molecule has 0 aliphatic carbocycles. The number of amides is 2. The van der Waals surface area contributed by atoms with Gasteiger partial charge in [-0.15, -0.1) is 0 Å². The number of nitrogens with zero attached hydrogens (tertiary/aromatic N) is 1. The van der Waals surface area contributed by atoms with Crippen LogP contribution in [0.2, 0.25) is 0 Å². The van der Waals surface area contributed by atoms with Crippen LogP contribution in [0.5, 0.6) is 5.75 Å². The molecule has 13 heteroatoms. The molecule has 2 heterocycles. The summed E-state index contributed by atoms with van der Waals surface area (Å²) in [5.74, 6) is -1.42. The Bertz CT molecular complexity index is 1020. The highest BCUT2D eigenvalue weighted by molar-refractivity contribution is 8.03. The highest BCUT2D eigenvalue weighted by Gasteiger charge is 2.50. The Labute approximate surface area is 182 Å². The Morgan fingerprint density at radius 3 is 2.61 bits per heavy atom. The smallest absolute Gasteiger partial charge is 0.361 e. The largest absolute Gasteiger partial charge is 0.448 e. The minimum absolute atomic E-state index is 0.0659. The first kappa shape index (κ1) is 23.1. The molecule has 168 valence electrons. The maximum Gasteiger partial charge on any atom is 0.361 e. The van der Waals surface area contributed by atoms with Crippen molar-refractivity contribution in [2.75, 3.05) is 12.3 Å². The summed E-state index contributed by atoms with van der Waals surface area (Å²) in [5, 5.41) is 16.7. The van der Waals surface area contributed by atoms with Crippen LogP contribution in [0.1, 0.15) is 30.1 Å². The zero-order valence-corrected chi connectivity index (χ0v) is 18.1. The first-order chi connectivity index (χ1) is 14.5. The molecule has 2 aliphatic rings. The summed E-state index contributed by atoms with van der Waals surface area (Å²) in [4.78, 5) is 37.6. The van der Waals surface area contributed by atoms with Crippen LogP contribution in [0, 0.1) is 0 Å². The number of sulfonamides is 1. The van der Waals surface area contributed by atoms with Crippen LogP contribution in [-0.2, 0) is 24.3 Å². The lowest BCUT2D eigenvalue weighted by atomic mass is 10.2. The lowest BCUT2D eigenvalue weighted by molar-refractivity contribution is -0.165. The van der Waals surface area contributed by atoms with Crippen molar-refractivity contribution in [3.63, 3.8) is 0 Å². The minimum atomic E-state index is -3.57. The van der Waals surface area contributed by atoms with Crippen LogP contribution < -0.4 is 15.2 Å². The SMILES string of the molecule is C[C@H](O)OC(=O)C1=C(Oc2ccc(C(=O)NCCCS(N)(=O)=O)cc2)S[C@@H]2CC(=O)N12. The standard InChI is InChI=1S/C18H21N3O8S2/c1-10(22)28-17(25)15-18(30-14-9-13(23)21(14)15)29-12-5-3-11(4-6-12)16(24)20-7-2-8-31(19,26)27/h3-6,10,14,22H,2,7-9H2,1H3,(H,20,24)(H2,19,26,27)/t10-,14-/m1/s1. The van der Waals surface area contributed by atoms with Gasteiger partial charge in [0.05, 0.1) is 17.5 Å². The number of thioether (sulfide) groups is 1. The summed E-state index contributed by atoms with van der Waals surface area (Å²) in [6.45, 7) is 1.42. The van der Waals surface area contributed by atoms with E-state index in [1.54, 1.807) is 0 Å². The normalized spacial score (nSPS) is 18.9. The number of nitrogens with one attached hydrogen (secondary N) is 1. The number of ether oxygens (including phenoxy) is 2. The third-order valence-electron chi connectivity index (χ3n) is 4.27. The van der Waals surface area contributed by atoms with Crippen LogP contribution in [0.25, 0.3) is 0 Å². The van der Waals surface area contributed by atoms with E-state index in [9.17, 15) is 27.9 Å². The number of fused-ring (bicyclic) bond motifs is 1. The number of nitrogens with two attached hydrogens (primary N) is 1. The van der Waals surface area contributed by atoms with Crippen LogP contribution in [0.15, 0.2) is 35.1 Å². The van der Waals surface area contributed by atoms with Gasteiger partial charge in [0.2, 0.25) is 15.9 Å². The predicted molar refractivity (Wildman–Crippen MR) is 110 cm³/mol. The Morgan fingerprint density at radius 1 is 1.35 bits per heavy atom. The topological polar surface area (TPSA) is 165 Å².